The number of nitrogens with one attached hydrogen (secondary N) is 1. The van der Waals surface area contributed by atoms with Gasteiger partial charge in [0.15, 0.2) is 0 Å². The molecule has 0 spiro atoms. The summed E-state index contributed by atoms with van der Waals surface area (Å²) >= 11 is 9.24. The van der Waals surface area contributed by atoms with E-state index in [1.54, 1.807) is 30.3 Å². The molecule has 108 valence electrons. The molecule has 0 saturated carbocycles. The van der Waals surface area contributed by atoms with Crippen molar-refractivity contribution >= 4 is 44.8 Å². The van der Waals surface area contributed by atoms with Crippen molar-refractivity contribution in [1.82, 2.24) is 0 Å². The fourth-order valence-electron chi connectivity index (χ4n) is 1.72. The Hall–Kier alpha value is -1.92. The quantitative estimate of drug-likeness (QED) is 0.648. The zero-order valence-corrected chi connectivity index (χ0v) is 13.0. The van der Waals surface area contributed by atoms with Crippen molar-refractivity contribution in [3.8, 4) is 0 Å². The third kappa shape index (κ3) is 4.03. The molecule has 1 amide bonds. The van der Waals surface area contributed by atoms with Crippen LogP contribution in [0.5, 0.6) is 0 Å². The first-order valence-electron chi connectivity index (χ1n) is 5.94. The molecule has 21 heavy (non-hydrogen) atoms. The van der Waals surface area contributed by atoms with Crippen molar-refractivity contribution in [2.24, 2.45) is 0 Å². The lowest BCUT2D eigenvalue weighted by molar-refractivity contribution is -0.384. The van der Waals surface area contributed by atoms with Crippen LogP contribution in [-0.2, 0) is 11.2 Å². The Morgan fingerprint density at radius 3 is 2.52 bits per heavy atom. The summed E-state index contributed by atoms with van der Waals surface area (Å²) in [5, 5.41) is 13.8. The molecule has 0 aliphatic rings. The van der Waals surface area contributed by atoms with Crippen molar-refractivity contribution in [3.63, 3.8) is 0 Å². The van der Waals surface area contributed by atoms with Gasteiger partial charge in [0.05, 0.1) is 26.5 Å². The number of rotatable bonds is 4. The highest BCUT2D eigenvalue weighted by molar-refractivity contribution is 9.10. The normalized spacial score (nSPS) is 10.2. The van der Waals surface area contributed by atoms with Crippen LogP contribution in [0.1, 0.15) is 5.56 Å². The summed E-state index contributed by atoms with van der Waals surface area (Å²) in [7, 11) is 0. The molecule has 0 radical (unpaired) electrons. The SMILES string of the molecule is O=C(Cc1ccc([N+](=O)[O-])cc1)Nc1cccc(Cl)c1Br. The van der Waals surface area contributed by atoms with E-state index >= 15 is 0 Å². The maximum Gasteiger partial charge on any atom is 0.269 e. The van der Waals surface area contributed by atoms with Gasteiger partial charge in [-0.1, -0.05) is 29.8 Å². The average Bonchev–Trinajstić information content (AvgIpc) is 2.44. The van der Waals surface area contributed by atoms with Crippen molar-refractivity contribution in [3.05, 3.63) is 67.6 Å². The fourth-order valence-corrected chi connectivity index (χ4v) is 2.25. The van der Waals surface area contributed by atoms with Gasteiger partial charge < -0.3 is 5.32 Å². The van der Waals surface area contributed by atoms with E-state index in [1.165, 1.54) is 12.1 Å². The molecule has 2 aromatic carbocycles. The van der Waals surface area contributed by atoms with Gasteiger partial charge in [0.2, 0.25) is 5.91 Å². The van der Waals surface area contributed by atoms with Crippen LogP contribution in [-0.4, -0.2) is 10.8 Å². The molecule has 0 aliphatic carbocycles. The molecule has 7 heteroatoms. The summed E-state index contributed by atoms with van der Waals surface area (Å²) in [6.45, 7) is 0. The third-order valence-electron chi connectivity index (χ3n) is 2.74. The Morgan fingerprint density at radius 1 is 1.24 bits per heavy atom. The lowest BCUT2D eigenvalue weighted by Crippen LogP contribution is -2.14. The topological polar surface area (TPSA) is 72.2 Å². The van der Waals surface area contributed by atoms with Crippen LogP contribution in [0.3, 0.4) is 0 Å². The molecule has 5 nitrogen and oxygen atoms in total. The summed E-state index contributed by atoms with van der Waals surface area (Å²) < 4.78 is 0.615. The first-order chi connectivity index (χ1) is 9.97. The maximum atomic E-state index is 12.0. The Bertz CT molecular complexity index is 689. The van der Waals surface area contributed by atoms with Crippen LogP contribution in [0, 0.1) is 10.1 Å². The van der Waals surface area contributed by atoms with Gasteiger partial charge in [0, 0.05) is 12.1 Å². The number of halogens is 2. The smallest absolute Gasteiger partial charge is 0.269 e. The predicted octanol–water partition coefficient (Wildman–Crippen LogP) is 4.19. The highest BCUT2D eigenvalue weighted by atomic mass is 79.9. The Morgan fingerprint density at radius 2 is 1.90 bits per heavy atom. The minimum atomic E-state index is -0.479. The van der Waals surface area contributed by atoms with Crippen LogP contribution >= 0.6 is 27.5 Å². The molecule has 0 fully saturated rings. The number of hydrogen-bond acceptors (Lipinski definition) is 3. The van der Waals surface area contributed by atoms with Crippen LogP contribution < -0.4 is 5.32 Å². The van der Waals surface area contributed by atoms with Gasteiger partial charge in [-0.25, -0.2) is 0 Å². The van der Waals surface area contributed by atoms with Gasteiger partial charge in [-0.2, -0.15) is 0 Å². The summed E-state index contributed by atoms with van der Waals surface area (Å²) in [6, 6.07) is 11.0. The lowest BCUT2D eigenvalue weighted by atomic mass is 10.1. The van der Waals surface area contributed by atoms with E-state index in [-0.39, 0.29) is 18.0 Å². The highest BCUT2D eigenvalue weighted by Crippen LogP contribution is 2.30. The number of carbonyl (C=O) groups is 1. The van der Waals surface area contributed by atoms with Crippen LogP contribution in [0.25, 0.3) is 0 Å². The van der Waals surface area contributed by atoms with Crippen molar-refractivity contribution in [2.45, 2.75) is 6.42 Å². The largest absolute Gasteiger partial charge is 0.325 e. The van der Waals surface area contributed by atoms with Gasteiger partial charge in [-0.15, -0.1) is 0 Å². The molecule has 0 heterocycles. The average molecular weight is 370 g/mol. The fraction of sp³-hybridized carbons (Fsp3) is 0.0714. The molecule has 0 aliphatic heterocycles. The molecule has 0 atom stereocenters. The molecule has 0 bridgehead atoms. The zero-order valence-electron chi connectivity index (χ0n) is 10.7. The number of non-ortho nitro benzene ring substituents is 1. The molecule has 0 unspecified atom stereocenters. The first kappa shape index (κ1) is 15.5. The van der Waals surface area contributed by atoms with Gasteiger partial charge in [-0.05, 0) is 33.6 Å². The number of hydrogen-bond donors (Lipinski definition) is 1. The number of benzene rings is 2. The first-order valence-corrected chi connectivity index (χ1v) is 7.11. The van der Waals surface area contributed by atoms with Gasteiger partial charge in [0.25, 0.3) is 5.69 Å². The summed E-state index contributed by atoms with van der Waals surface area (Å²) in [4.78, 5) is 22.0. The minimum absolute atomic E-state index is 0.00302. The second-order valence-corrected chi connectivity index (χ2v) is 5.45. The molecule has 0 saturated heterocycles. The minimum Gasteiger partial charge on any atom is -0.325 e. The number of anilines is 1. The van der Waals surface area contributed by atoms with Crippen molar-refractivity contribution < 1.29 is 9.72 Å². The van der Waals surface area contributed by atoms with Gasteiger partial charge in [0.1, 0.15) is 0 Å². The van der Waals surface area contributed by atoms with Crippen LogP contribution in [0.15, 0.2) is 46.9 Å². The van der Waals surface area contributed by atoms with Gasteiger partial charge in [-0.3, -0.25) is 14.9 Å². The van der Waals surface area contributed by atoms with Crippen molar-refractivity contribution in [2.75, 3.05) is 5.32 Å². The lowest BCUT2D eigenvalue weighted by Gasteiger charge is -2.08. The van der Waals surface area contributed by atoms with E-state index in [4.69, 9.17) is 11.6 Å². The molecular weight excluding hydrogens is 360 g/mol. The highest BCUT2D eigenvalue weighted by Gasteiger charge is 2.10. The van der Waals surface area contributed by atoms with E-state index < -0.39 is 4.92 Å². The molecule has 2 rings (SSSR count). The summed E-state index contributed by atoms with van der Waals surface area (Å²) in [5.74, 6) is -0.230. The number of nitrogens with zero attached hydrogens (tertiary/aromatic N) is 1. The monoisotopic (exact) mass is 368 g/mol. The third-order valence-corrected chi connectivity index (χ3v) is 4.14. The Kier molecular flexibility index (Phi) is 4.93. The van der Waals surface area contributed by atoms with E-state index in [2.05, 4.69) is 21.2 Å². The zero-order chi connectivity index (χ0) is 15.4. The predicted molar refractivity (Wildman–Crippen MR) is 84.6 cm³/mol. The summed E-state index contributed by atoms with van der Waals surface area (Å²) in [6.07, 6.45) is 0.122. The standard InChI is InChI=1S/C14H10BrClN2O3/c15-14-11(16)2-1-3-12(14)17-13(19)8-9-4-6-10(7-5-9)18(20)21/h1-7H,8H2,(H,17,19). The number of nitro groups is 1. The molecular formula is C14H10BrClN2O3. The van der Waals surface area contributed by atoms with E-state index in [1.807, 2.05) is 0 Å². The summed E-state index contributed by atoms with van der Waals surface area (Å²) in [5.41, 5.74) is 1.27. The number of amides is 1. The molecule has 0 aromatic heterocycles. The number of carbonyl (C=O) groups excluding carboxylic acids is 1. The van der Waals surface area contributed by atoms with Crippen LogP contribution in [0.2, 0.25) is 5.02 Å². The van der Waals surface area contributed by atoms with E-state index in [0.717, 1.165) is 0 Å². The van der Waals surface area contributed by atoms with Crippen molar-refractivity contribution in [1.29, 1.82) is 0 Å². The molecule has 2 aromatic rings. The second kappa shape index (κ2) is 6.69. The Balaban J connectivity index is 2.04. The van der Waals surface area contributed by atoms with Crippen LogP contribution in [0.4, 0.5) is 11.4 Å². The number of nitro benzene ring substituents is 1. The maximum absolute atomic E-state index is 12.0. The second-order valence-electron chi connectivity index (χ2n) is 4.25. The van der Waals surface area contributed by atoms with Gasteiger partial charge >= 0.3 is 0 Å². The Labute approximate surface area is 134 Å². The van der Waals surface area contributed by atoms with E-state index in [9.17, 15) is 14.9 Å². The molecule has 1 N–H and O–H groups in total. The van der Waals surface area contributed by atoms with E-state index in [0.29, 0.717) is 20.7 Å².